The van der Waals surface area contributed by atoms with Gasteiger partial charge in [0.25, 0.3) is 0 Å². The van der Waals surface area contributed by atoms with Crippen LogP contribution in [0.3, 0.4) is 0 Å². The van der Waals surface area contributed by atoms with Crippen molar-refractivity contribution in [3.8, 4) is 5.75 Å². The van der Waals surface area contributed by atoms with Crippen LogP contribution in [0, 0.1) is 11.7 Å². The Balaban J connectivity index is 1.56. The summed E-state index contributed by atoms with van der Waals surface area (Å²) in [4.78, 5) is 0. The van der Waals surface area contributed by atoms with Crippen LogP contribution in [0.25, 0.3) is 0 Å². The van der Waals surface area contributed by atoms with Crippen LogP contribution < -0.4 is 10.5 Å². The fraction of sp³-hybridized carbons (Fsp3) is 0.667. The number of nitrogens with two attached hydrogens (primary N) is 1. The summed E-state index contributed by atoms with van der Waals surface area (Å²) < 4.78 is 19.2. The smallest absolute Gasteiger partial charge is 0.123 e. The molecule has 1 saturated carbocycles. The monoisotopic (exact) mass is 291 g/mol. The molecule has 1 aliphatic carbocycles. The van der Waals surface area contributed by atoms with E-state index < -0.39 is 0 Å². The van der Waals surface area contributed by atoms with Crippen molar-refractivity contribution in [2.75, 3.05) is 0 Å². The Hall–Kier alpha value is -1.09. The van der Waals surface area contributed by atoms with Gasteiger partial charge in [-0.25, -0.2) is 4.39 Å². The summed E-state index contributed by atoms with van der Waals surface area (Å²) in [5.74, 6) is 1.52. The van der Waals surface area contributed by atoms with Gasteiger partial charge in [-0.05, 0) is 49.8 Å². The molecule has 0 amide bonds. The molecule has 21 heavy (non-hydrogen) atoms. The van der Waals surface area contributed by atoms with Crippen LogP contribution in [0.1, 0.15) is 57.4 Å². The summed E-state index contributed by atoms with van der Waals surface area (Å²) in [7, 11) is 0. The Kier molecular flexibility index (Phi) is 4.21. The summed E-state index contributed by atoms with van der Waals surface area (Å²) in [6, 6.07) is 4.80. The van der Waals surface area contributed by atoms with Gasteiger partial charge >= 0.3 is 0 Å². The molecule has 116 valence electrons. The lowest BCUT2D eigenvalue weighted by molar-refractivity contribution is 0.137. The van der Waals surface area contributed by atoms with Gasteiger partial charge in [-0.15, -0.1) is 0 Å². The molecule has 2 aliphatic rings. The highest BCUT2D eigenvalue weighted by atomic mass is 19.1. The second-order valence-electron chi connectivity index (χ2n) is 6.99. The lowest BCUT2D eigenvalue weighted by Crippen LogP contribution is -2.46. The Labute approximate surface area is 126 Å². The first-order valence-corrected chi connectivity index (χ1v) is 8.32. The van der Waals surface area contributed by atoms with Gasteiger partial charge in [0.2, 0.25) is 0 Å². The second-order valence-corrected chi connectivity index (χ2v) is 6.99. The average Bonchev–Trinajstić information content (AvgIpc) is 2.82. The standard InChI is InChI=1S/C18H26FNO/c1-2-3-13-6-8-18(20,9-7-13)12-16-11-14-10-15(19)4-5-17(14)21-16/h4-5,10,13,16H,2-3,6-9,11-12,20H2,1H3. The molecule has 0 radical (unpaired) electrons. The second kappa shape index (κ2) is 5.96. The molecule has 3 rings (SSSR count). The molecular formula is C18H26FNO. The van der Waals surface area contributed by atoms with Gasteiger partial charge in [0, 0.05) is 23.9 Å². The van der Waals surface area contributed by atoms with Crippen LogP contribution in [0.2, 0.25) is 0 Å². The molecule has 2 N–H and O–H groups in total. The number of ether oxygens (including phenoxy) is 1. The van der Waals surface area contributed by atoms with Crippen molar-refractivity contribution < 1.29 is 9.13 Å². The molecule has 0 spiro atoms. The SMILES string of the molecule is CCCC1CCC(N)(CC2Cc3cc(F)ccc3O2)CC1. The van der Waals surface area contributed by atoms with Crippen LogP contribution >= 0.6 is 0 Å². The maximum absolute atomic E-state index is 13.3. The minimum Gasteiger partial charge on any atom is -0.490 e. The topological polar surface area (TPSA) is 35.2 Å². The van der Waals surface area contributed by atoms with Crippen LogP contribution in [-0.4, -0.2) is 11.6 Å². The summed E-state index contributed by atoms with van der Waals surface area (Å²) in [6.07, 6.45) is 9.11. The predicted octanol–water partition coefficient (Wildman–Crippen LogP) is 4.21. The zero-order valence-electron chi connectivity index (χ0n) is 12.9. The molecule has 1 aromatic carbocycles. The quantitative estimate of drug-likeness (QED) is 0.902. The van der Waals surface area contributed by atoms with Crippen molar-refractivity contribution in [2.24, 2.45) is 11.7 Å². The van der Waals surface area contributed by atoms with Crippen molar-refractivity contribution in [1.82, 2.24) is 0 Å². The van der Waals surface area contributed by atoms with E-state index in [1.54, 1.807) is 12.1 Å². The zero-order chi connectivity index (χ0) is 14.9. The normalized spacial score (nSPS) is 31.8. The first-order valence-electron chi connectivity index (χ1n) is 8.32. The fourth-order valence-corrected chi connectivity index (χ4v) is 4.01. The van der Waals surface area contributed by atoms with E-state index in [0.29, 0.717) is 0 Å². The number of hydrogen-bond donors (Lipinski definition) is 1. The summed E-state index contributed by atoms with van der Waals surface area (Å²) in [6.45, 7) is 2.26. The highest BCUT2D eigenvalue weighted by Crippen LogP contribution is 2.38. The van der Waals surface area contributed by atoms with E-state index in [-0.39, 0.29) is 17.5 Å². The Morgan fingerprint density at radius 3 is 2.81 bits per heavy atom. The Morgan fingerprint density at radius 1 is 1.33 bits per heavy atom. The third-order valence-corrected chi connectivity index (χ3v) is 5.20. The van der Waals surface area contributed by atoms with Gasteiger partial charge in [0.05, 0.1) is 0 Å². The van der Waals surface area contributed by atoms with Crippen LogP contribution in [0.15, 0.2) is 18.2 Å². The van der Waals surface area contributed by atoms with Gasteiger partial charge in [-0.2, -0.15) is 0 Å². The van der Waals surface area contributed by atoms with Crippen LogP contribution in [0.4, 0.5) is 4.39 Å². The number of benzene rings is 1. The van der Waals surface area contributed by atoms with E-state index >= 15 is 0 Å². The van der Waals surface area contributed by atoms with Crippen molar-refractivity contribution in [2.45, 2.75) is 69.9 Å². The third-order valence-electron chi connectivity index (χ3n) is 5.20. The molecular weight excluding hydrogens is 265 g/mol. The van der Waals surface area contributed by atoms with Gasteiger partial charge in [0.15, 0.2) is 0 Å². The molecule has 1 fully saturated rings. The number of hydrogen-bond acceptors (Lipinski definition) is 2. The molecule has 1 aliphatic heterocycles. The zero-order valence-corrected chi connectivity index (χ0v) is 12.9. The minimum atomic E-state index is -0.180. The van der Waals surface area contributed by atoms with E-state index in [2.05, 4.69) is 6.92 Å². The number of fused-ring (bicyclic) bond motifs is 1. The maximum Gasteiger partial charge on any atom is 0.123 e. The van der Waals surface area contributed by atoms with Gasteiger partial charge in [0.1, 0.15) is 17.7 Å². The fourth-order valence-electron chi connectivity index (χ4n) is 4.01. The highest BCUT2D eigenvalue weighted by Gasteiger charge is 2.36. The number of rotatable bonds is 4. The summed E-state index contributed by atoms with van der Waals surface area (Å²) in [5.41, 5.74) is 7.51. The van der Waals surface area contributed by atoms with Gasteiger partial charge < -0.3 is 10.5 Å². The van der Waals surface area contributed by atoms with Crippen molar-refractivity contribution >= 4 is 0 Å². The minimum absolute atomic E-state index is 0.0878. The van der Waals surface area contributed by atoms with Crippen molar-refractivity contribution in [3.05, 3.63) is 29.6 Å². The lowest BCUT2D eigenvalue weighted by Gasteiger charge is -2.38. The first kappa shape index (κ1) is 14.8. The first-order chi connectivity index (χ1) is 10.1. The number of halogens is 1. The predicted molar refractivity (Wildman–Crippen MR) is 82.9 cm³/mol. The van der Waals surface area contributed by atoms with Gasteiger partial charge in [-0.1, -0.05) is 19.8 Å². The molecule has 1 unspecified atom stereocenters. The molecule has 3 heteroatoms. The molecule has 1 aromatic rings. The van der Waals surface area contributed by atoms with Crippen molar-refractivity contribution in [3.63, 3.8) is 0 Å². The molecule has 0 saturated heterocycles. The molecule has 0 aromatic heterocycles. The van der Waals surface area contributed by atoms with Crippen molar-refractivity contribution in [1.29, 1.82) is 0 Å². The van der Waals surface area contributed by atoms with Crippen LogP contribution in [-0.2, 0) is 6.42 Å². The molecule has 1 heterocycles. The van der Waals surface area contributed by atoms with E-state index in [4.69, 9.17) is 10.5 Å². The highest BCUT2D eigenvalue weighted by molar-refractivity contribution is 5.38. The molecule has 1 atom stereocenters. The summed E-state index contributed by atoms with van der Waals surface area (Å²) >= 11 is 0. The Morgan fingerprint density at radius 2 is 2.10 bits per heavy atom. The Bertz CT molecular complexity index is 494. The molecule has 2 nitrogen and oxygen atoms in total. The third kappa shape index (κ3) is 3.39. The largest absolute Gasteiger partial charge is 0.490 e. The van der Waals surface area contributed by atoms with Gasteiger partial charge in [-0.3, -0.25) is 0 Å². The van der Waals surface area contributed by atoms with Crippen LogP contribution in [0.5, 0.6) is 5.75 Å². The van der Waals surface area contributed by atoms with E-state index in [1.165, 1.54) is 31.7 Å². The van der Waals surface area contributed by atoms with E-state index in [1.807, 2.05) is 0 Å². The molecule has 0 bridgehead atoms. The summed E-state index contributed by atoms with van der Waals surface area (Å²) in [5, 5.41) is 0. The lowest BCUT2D eigenvalue weighted by atomic mass is 9.73. The maximum atomic E-state index is 13.3. The average molecular weight is 291 g/mol. The van der Waals surface area contributed by atoms with E-state index in [0.717, 1.165) is 42.9 Å². The van der Waals surface area contributed by atoms with E-state index in [9.17, 15) is 4.39 Å².